The zero-order valence-corrected chi connectivity index (χ0v) is 7.01. The predicted molar refractivity (Wildman–Crippen MR) is 43.8 cm³/mol. The Hall–Kier alpha value is -0.0800. The van der Waals surface area contributed by atoms with Gasteiger partial charge in [0.25, 0.3) is 0 Å². The highest BCUT2D eigenvalue weighted by molar-refractivity contribution is 4.64. The van der Waals surface area contributed by atoms with Gasteiger partial charge in [0.05, 0.1) is 0 Å². The molecule has 0 bridgehead atoms. The quantitative estimate of drug-likeness (QED) is 0.609. The van der Waals surface area contributed by atoms with Gasteiger partial charge in [0.15, 0.2) is 0 Å². The third-order valence-electron chi connectivity index (χ3n) is 2.00. The molecule has 0 spiro atoms. The molecule has 10 heavy (non-hydrogen) atoms. The number of hydrogen-bond acceptors (Lipinski definition) is 2. The second-order valence-corrected chi connectivity index (χ2v) is 2.86. The van der Waals surface area contributed by atoms with Crippen LogP contribution in [0.4, 0.5) is 0 Å². The average molecular weight is 145 g/mol. The van der Waals surface area contributed by atoms with Crippen LogP contribution in [-0.4, -0.2) is 17.8 Å². The molecule has 0 aromatic carbocycles. The molecule has 0 aromatic rings. The Kier molecular flexibility index (Phi) is 5.64. The number of hydrogen-bond donors (Lipinski definition) is 2. The van der Waals surface area contributed by atoms with Crippen LogP contribution < -0.4 is 5.73 Å². The third-order valence-corrected chi connectivity index (χ3v) is 2.00. The fourth-order valence-electron chi connectivity index (χ4n) is 0.965. The summed E-state index contributed by atoms with van der Waals surface area (Å²) in [5.74, 6) is 0.412. The predicted octanol–water partition coefficient (Wildman–Crippen LogP) is 1.13. The van der Waals surface area contributed by atoms with Gasteiger partial charge in [-0.2, -0.15) is 0 Å². The maximum Gasteiger partial charge on any atom is 0.0459 e. The Morgan fingerprint density at radius 3 is 2.20 bits per heavy atom. The Labute approximate surface area is 63.4 Å². The minimum absolute atomic E-state index is 0.275. The van der Waals surface area contributed by atoms with Crippen molar-refractivity contribution in [2.24, 2.45) is 11.7 Å². The van der Waals surface area contributed by atoms with Crippen molar-refractivity contribution >= 4 is 0 Å². The molecule has 0 fully saturated rings. The highest BCUT2D eigenvalue weighted by atomic mass is 16.3. The summed E-state index contributed by atoms with van der Waals surface area (Å²) >= 11 is 0. The Balaban J connectivity index is 3.41. The van der Waals surface area contributed by atoms with E-state index in [1.54, 1.807) is 0 Å². The molecule has 0 radical (unpaired) electrons. The largest absolute Gasteiger partial charge is 0.396 e. The molecule has 0 saturated heterocycles. The third kappa shape index (κ3) is 3.85. The molecule has 2 nitrogen and oxygen atoms in total. The Morgan fingerprint density at radius 1 is 1.30 bits per heavy atom. The fraction of sp³-hybridized carbons (Fsp3) is 1.00. The first kappa shape index (κ1) is 9.92. The minimum atomic E-state index is 0.275. The second kappa shape index (κ2) is 5.69. The fourth-order valence-corrected chi connectivity index (χ4v) is 0.965. The molecule has 0 aliphatic carbocycles. The average Bonchev–Trinajstić information content (AvgIpc) is 1.99. The lowest BCUT2D eigenvalue weighted by Crippen LogP contribution is -2.23. The van der Waals surface area contributed by atoms with Crippen LogP contribution in [0.3, 0.4) is 0 Å². The summed E-state index contributed by atoms with van der Waals surface area (Å²) in [5.41, 5.74) is 5.71. The van der Waals surface area contributed by atoms with Crippen LogP contribution in [0.15, 0.2) is 0 Å². The van der Waals surface area contributed by atoms with Gasteiger partial charge in [-0.1, -0.05) is 20.3 Å². The van der Waals surface area contributed by atoms with E-state index in [0.29, 0.717) is 5.92 Å². The van der Waals surface area contributed by atoms with Crippen LogP contribution >= 0.6 is 0 Å². The molecular formula is C8H19NO. The van der Waals surface area contributed by atoms with Crippen LogP contribution in [0.2, 0.25) is 0 Å². The molecule has 0 amide bonds. The van der Waals surface area contributed by atoms with Crippen molar-refractivity contribution in [3.63, 3.8) is 0 Å². The van der Waals surface area contributed by atoms with Gasteiger partial charge in [0, 0.05) is 12.6 Å². The van der Waals surface area contributed by atoms with Gasteiger partial charge in [0.1, 0.15) is 0 Å². The highest BCUT2D eigenvalue weighted by Gasteiger charge is 2.08. The molecule has 0 aliphatic rings. The molecule has 2 heteroatoms. The van der Waals surface area contributed by atoms with E-state index in [4.69, 9.17) is 10.8 Å². The molecule has 0 saturated carbocycles. The number of rotatable bonds is 5. The monoisotopic (exact) mass is 145 g/mol. The first-order valence-corrected chi connectivity index (χ1v) is 4.11. The SMILES string of the molecule is CCC(N)CC(CC)CO. The van der Waals surface area contributed by atoms with Crippen LogP contribution in [0.1, 0.15) is 33.1 Å². The smallest absolute Gasteiger partial charge is 0.0459 e. The molecule has 62 valence electrons. The van der Waals surface area contributed by atoms with Crippen LogP contribution in [0.5, 0.6) is 0 Å². The molecule has 3 N–H and O–H groups in total. The summed E-state index contributed by atoms with van der Waals surface area (Å²) in [5, 5.41) is 8.81. The molecule has 2 atom stereocenters. The summed E-state index contributed by atoms with van der Waals surface area (Å²) in [4.78, 5) is 0. The Morgan fingerprint density at radius 2 is 1.90 bits per heavy atom. The van der Waals surface area contributed by atoms with Crippen molar-refractivity contribution in [1.82, 2.24) is 0 Å². The highest BCUT2D eigenvalue weighted by Crippen LogP contribution is 2.10. The lowest BCUT2D eigenvalue weighted by molar-refractivity contribution is 0.207. The number of nitrogens with two attached hydrogens (primary N) is 1. The standard InChI is InChI=1S/C8H19NO/c1-3-7(6-10)5-8(9)4-2/h7-8,10H,3-6,9H2,1-2H3. The lowest BCUT2D eigenvalue weighted by Gasteiger charge is -2.15. The normalized spacial score (nSPS) is 16.8. The van der Waals surface area contributed by atoms with Gasteiger partial charge in [-0.15, -0.1) is 0 Å². The molecule has 0 aromatic heterocycles. The summed E-state index contributed by atoms with van der Waals surface area (Å²) in [6, 6.07) is 0.275. The summed E-state index contributed by atoms with van der Waals surface area (Å²) in [6.45, 7) is 4.45. The van der Waals surface area contributed by atoms with Crippen LogP contribution in [0, 0.1) is 5.92 Å². The minimum Gasteiger partial charge on any atom is -0.396 e. The van der Waals surface area contributed by atoms with Gasteiger partial charge >= 0.3 is 0 Å². The first-order valence-electron chi connectivity index (χ1n) is 4.11. The van der Waals surface area contributed by atoms with E-state index < -0.39 is 0 Å². The number of aliphatic hydroxyl groups is 1. The van der Waals surface area contributed by atoms with Gasteiger partial charge in [-0.25, -0.2) is 0 Å². The summed E-state index contributed by atoms with van der Waals surface area (Å²) < 4.78 is 0. The van der Waals surface area contributed by atoms with E-state index >= 15 is 0 Å². The van der Waals surface area contributed by atoms with E-state index in [1.165, 1.54) is 0 Å². The van der Waals surface area contributed by atoms with Crippen molar-refractivity contribution in [3.8, 4) is 0 Å². The summed E-state index contributed by atoms with van der Waals surface area (Å²) in [6.07, 6.45) is 3.00. The van der Waals surface area contributed by atoms with Crippen LogP contribution in [-0.2, 0) is 0 Å². The molecule has 0 rings (SSSR count). The van der Waals surface area contributed by atoms with Gasteiger partial charge in [-0.3, -0.25) is 0 Å². The zero-order valence-electron chi connectivity index (χ0n) is 7.01. The van der Waals surface area contributed by atoms with E-state index in [-0.39, 0.29) is 12.6 Å². The van der Waals surface area contributed by atoms with Gasteiger partial charge < -0.3 is 10.8 Å². The van der Waals surface area contributed by atoms with Gasteiger partial charge in [-0.05, 0) is 18.8 Å². The molecular weight excluding hydrogens is 126 g/mol. The van der Waals surface area contributed by atoms with Crippen LogP contribution in [0.25, 0.3) is 0 Å². The van der Waals surface area contributed by atoms with Crippen molar-refractivity contribution in [3.05, 3.63) is 0 Å². The molecule has 0 heterocycles. The zero-order chi connectivity index (χ0) is 7.98. The van der Waals surface area contributed by atoms with Gasteiger partial charge in [0.2, 0.25) is 0 Å². The van der Waals surface area contributed by atoms with E-state index in [9.17, 15) is 0 Å². The van der Waals surface area contributed by atoms with E-state index in [0.717, 1.165) is 19.3 Å². The maximum absolute atomic E-state index is 8.81. The van der Waals surface area contributed by atoms with Crippen molar-refractivity contribution in [2.75, 3.05) is 6.61 Å². The van der Waals surface area contributed by atoms with Crippen molar-refractivity contribution in [2.45, 2.75) is 39.2 Å². The molecule has 2 unspecified atom stereocenters. The maximum atomic E-state index is 8.81. The summed E-state index contributed by atoms with van der Waals surface area (Å²) in [7, 11) is 0. The van der Waals surface area contributed by atoms with E-state index in [2.05, 4.69) is 13.8 Å². The van der Waals surface area contributed by atoms with Crippen molar-refractivity contribution < 1.29 is 5.11 Å². The number of aliphatic hydroxyl groups excluding tert-OH is 1. The topological polar surface area (TPSA) is 46.2 Å². The van der Waals surface area contributed by atoms with Crippen molar-refractivity contribution in [1.29, 1.82) is 0 Å². The molecule has 0 aliphatic heterocycles. The Bertz CT molecular complexity index is 71.7. The first-order chi connectivity index (χ1) is 4.74. The second-order valence-electron chi connectivity index (χ2n) is 2.86. The lowest BCUT2D eigenvalue weighted by atomic mass is 9.97. The van der Waals surface area contributed by atoms with E-state index in [1.807, 2.05) is 0 Å².